The molecule has 0 fully saturated rings. The minimum Gasteiger partial charge on any atom is -0.268 e. The van der Waals surface area contributed by atoms with Gasteiger partial charge in [-0.3, -0.25) is 9.48 Å². The van der Waals surface area contributed by atoms with Crippen molar-refractivity contribution in [2.24, 2.45) is 5.10 Å². The molecule has 3 aromatic rings. The second kappa shape index (κ2) is 8.09. The smallest absolute Gasteiger partial charge is 0.268 e. The second-order valence-corrected chi connectivity index (χ2v) is 6.63. The van der Waals surface area contributed by atoms with Crippen LogP contribution < -0.4 is 5.43 Å². The fourth-order valence-corrected chi connectivity index (χ4v) is 2.74. The van der Waals surface area contributed by atoms with Crippen LogP contribution in [0.4, 0.5) is 0 Å². The molecule has 1 N–H and O–H groups in total. The quantitative estimate of drug-likeness (QED) is 0.502. The van der Waals surface area contributed by atoms with E-state index in [0.29, 0.717) is 17.3 Å². The van der Waals surface area contributed by atoms with E-state index in [4.69, 9.17) is 11.6 Å². The van der Waals surface area contributed by atoms with Gasteiger partial charge in [-0.2, -0.15) is 10.2 Å². The van der Waals surface area contributed by atoms with Gasteiger partial charge in [-0.05, 0) is 41.5 Å². The van der Waals surface area contributed by atoms with Crippen molar-refractivity contribution in [1.82, 2.24) is 15.2 Å². The average molecular weight is 418 g/mol. The highest BCUT2D eigenvalue weighted by atomic mass is 79.9. The Morgan fingerprint density at radius 2 is 2.04 bits per heavy atom. The van der Waals surface area contributed by atoms with Crippen LogP contribution in [0.2, 0.25) is 5.02 Å². The maximum Gasteiger partial charge on any atom is 0.291 e. The Bertz CT molecular complexity index is 905. The Hall–Kier alpha value is -2.44. The number of halogens is 2. The number of aromatic nitrogens is 2. The fraction of sp³-hybridized carbons (Fsp3) is 0.0556. The van der Waals surface area contributed by atoms with Gasteiger partial charge in [0.2, 0.25) is 0 Å². The van der Waals surface area contributed by atoms with Gasteiger partial charge in [0.05, 0.1) is 12.8 Å². The van der Waals surface area contributed by atoms with E-state index in [1.165, 1.54) is 0 Å². The molecule has 2 aromatic carbocycles. The van der Waals surface area contributed by atoms with Crippen molar-refractivity contribution in [3.63, 3.8) is 0 Å². The van der Waals surface area contributed by atoms with Gasteiger partial charge in [0.1, 0.15) is 0 Å². The number of hydrogen-bond acceptors (Lipinski definition) is 3. The van der Waals surface area contributed by atoms with Crippen LogP contribution in [-0.2, 0) is 6.54 Å². The molecule has 0 radical (unpaired) electrons. The summed E-state index contributed by atoms with van der Waals surface area (Å²) in [4.78, 5) is 12.1. The summed E-state index contributed by atoms with van der Waals surface area (Å²) in [6.45, 7) is 0.584. The first-order valence-corrected chi connectivity index (χ1v) is 8.64. The topological polar surface area (TPSA) is 59.3 Å². The number of hydrogen-bond donors (Lipinski definition) is 1. The number of amides is 1. The van der Waals surface area contributed by atoms with Crippen molar-refractivity contribution in [1.29, 1.82) is 0 Å². The van der Waals surface area contributed by atoms with Crippen LogP contribution >= 0.6 is 27.5 Å². The molecule has 0 saturated heterocycles. The van der Waals surface area contributed by atoms with Gasteiger partial charge in [0.15, 0.2) is 5.69 Å². The molecule has 126 valence electrons. The lowest BCUT2D eigenvalue weighted by Gasteiger charge is -2.02. The first-order valence-electron chi connectivity index (χ1n) is 7.47. The number of carbonyl (C=O) groups excluding carboxylic acids is 1. The highest BCUT2D eigenvalue weighted by Crippen LogP contribution is 2.12. The minimum atomic E-state index is -0.363. The van der Waals surface area contributed by atoms with Gasteiger partial charge in [-0.15, -0.1) is 0 Å². The molecule has 0 bridgehead atoms. The largest absolute Gasteiger partial charge is 0.291 e. The van der Waals surface area contributed by atoms with E-state index in [9.17, 15) is 4.79 Å². The predicted molar refractivity (Wildman–Crippen MR) is 102 cm³/mol. The first kappa shape index (κ1) is 17.4. The number of nitrogens with one attached hydrogen (secondary N) is 1. The summed E-state index contributed by atoms with van der Waals surface area (Å²) >= 11 is 9.26. The maximum absolute atomic E-state index is 12.1. The van der Waals surface area contributed by atoms with E-state index >= 15 is 0 Å². The Morgan fingerprint density at radius 3 is 2.80 bits per heavy atom. The molecule has 1 amide bonds. The summed E-state index contributed by atoms with van der Waals surface area (Å²) in [5.41, 5.74) is 4.70. The van der Waals surface area contributed by atoms with E-state index in [1.807, 2.05) is 36.4 Å². The van der Waals surface area contributed by atoms with Gasteiger partial charge >= 0.3 is 0 Å². The average Bonchev–Trinajstić information content (AvgIpc) is 3.05. The summed E-state index contributed by atoms with van der Waals surface area (Å²) in [6, 6.07) is 16.7. The third-order valence-corrected chi connectivity index (χ3v) is 4.10. The van der Waals surface area contributed by atoms with Crippen LogP contribution in [0.5, 0.6) is 0 Å². The monoisotopic (exact) mass is 416 g/mol. The van der Waals surface area contributed by atoms with Crippen molar-refractivity contribution in [3.05, 3.63) is 87.1 Å². The molecule has 0 unspecified atom stereocenters. The molecule has 1 heterocycles. The highest BCUT2D eigenvalue weighted by Gasteiger charge is 2.08. The first-order chi connectivity index (χ1) is 12.1. The Morgan fingerprint density at radius 1 is 1.24 bits per heavy atom. The van der Waals surface area contributed by atoms with Gasteiger partial charge in [0, 0.05) is 15.7 Å². The van der Waals surface area contributed by atoms with Crippen LogP contribution in [-0.4, -0.2) is 21.9 Å². The molecule has 1 aromatic heterocycles. The summed E-state index contributed by atoms with van der Waals surface area (Å²) in [6.07, 6.45) is 3.31. The Balaban J connectivity index is 1.59. The molecular formula is C18H14BrClN4O. The van der Waals surface area contributed by atoms with E-state index in [1.54, 1.807) is 35.3 Å². The molecule has 0 aliphatic rings. The van der Waals surface area contributed by atoms with Crippen LogP contribution in [0.25, 0.3) is 0 Å². The number of nitrogens with zero attached hydrogens (tertiary/aromatic N) is 3. The Labute approximate surface area is 158 Å². The molecule has 0 spiro atoms. The number of benzene rings is 2. The lowest BCUT2D eigenvalue weighted by atomic mass is 10.2. The van der Waals surface area contributed by atoms with Crippen LogP contribution in [0.1, 0.15) is 21.6 Å². The SMILES string of the molecule is O=C(NN=Cc1ccc(Cl)cc1)c1ccn(Cc2cccc(Br)c2)n1. The number of rotatable bonds is 5. The molecule has 3 rings (SSSR count). The van der Waals surface area contributed by atoms with Crippen LogP contribution in [0.15, 0.2) is 70.4 Å². The van der Waals surface area contributed by atoms with E-state index in [-0.39, 0.29) is 5.91 Å². The van der Waals surface area contributed by atoms with Gasteiger partial charge in [-0.25, -0.2) is 5.43 Å². The fourth-order valence-electron chi connectivity index (χ4n) is 2.16. The second-order valence-electron chi connectivity index (χ2n) is 5.28. The molecule has 25 heavy (non-hydrogen) atoms. The van der Waals surface area contributed by atoms with Gasteiger partial charge in [-0.1, -0.05) is 51.8 Å². The predicted octanol–water partition coefficient (Wildman–Crippen LogP) is 4.11. The van der Waals surface area contributed by atoms with Crippen LogP contribution in [0.3, 0.4) is 0 Å². The maximum atomic E-state index is 12.1. The number of hydrazone groups is 1. The summed E-state index contributed by atoms with van der Waals surface area (Å²) in [5, 5.41) is 8.85. The molecule has 0 atom stereocenters. The minimum absolute atomic E-state index is 0.309. The standard InChI is InChI=1S/C18H14BrClN4O/c19-15-3-1-2-14(10-15)12-24-9-8-17(23-24)18(25)22-21-11-13-4-6-16(20)7-5-13/h1-11H,12H2,(H,22,25). The van der Waals surface area contributed by atoms with Gasteiger partial charge < -0.3 is 0 Å². The zero-order valence-corrected chi connectivity index (χ0v) is 15.4. The normalized spacial score (nSPS) is 11.0. The van der Waals surface area contributed by atoms with Crippen LogP contribution in [0, 0.1) is 0 Å². The molecule has 5 nitrogen and oxygen atoms in total. The van der Waals surface area contributed by atoms with Crippen molar-refractivity contribution in [2.75, 3.05) is 0 Å². The zero-order chi connectivity index (χ0) is 17.6. The number of carbonyl (C=O) groups is 1. The molecule has 0 saturated carbocycles. The molecule has 0 aliphatic heterocycles. The summed E-state index contributed by atoms with van der Waals surface area (Å²) < 4.78 is 2.71. The van der Waals surface area contributed by atoms with Crippen molar-refractivity contribution in [3.8, 4) is 0 Å². The van der Waals surface area contributed by atoms with Gasteiger partial charge in [0.25, 0.3) is 5.91 Å². The summed E-state index contributed by atoms with van der Waals surface area (Å²) in [7, 11) is 0. The van der Waals surface area contributed by atoms with Crippen molar-refractivity contribution < 1.29 is 4.79 Å². The van der Waals surface area contributed by atoms with E-state index < -0.39 is 0 Å². The molecule has 7 heteroatoms. The van der Waals surface area contributed by atoms with Crippen molar-refractivity contribution >= 4 is 39.7 Å². The highest BCUT2D eigenvalue weighted by molar-refractivity contribution is 9.10. The third kappa shape index (κ3) is 5.01. The zero-order valence-electron chi connectivity index (χ0n) is 13.1. The summed E-state index contributed by atoms with van der Waals surface area (Å²) in [5.74, 6) is -0.363. The van der Waals surface area contributed by atoms with Crippen molar-refractivity contribution in [2.45, 2.75) is 6.54 Å². The molecular weight excluding hydrogens is 404 g/mol. The lowest BCUT2D eigenvalue weighted by molar-refractivity contribution is 0.0949. The third-order valence-electron chi connectivity index (χ3n) is 3.36. The van der Waals surface area contributed by atoms with E-state index in [0.717, 1.165) is 15.6 Å². The molecule has 0 aliphatic carbocycles. The lowest BCUT2D eigenvalue weighted by Crippen LogP contribution is -2.18. The van der Waals surface area contributed by atoms with E-state index in [2.05, 4.69) is 31.6 Å². The Kier molecular flexibility index (Phi) is 5.63.